The molecular formula is C14H26N2. The molecule has 16 heavy (non-hydrogen) atoms. The smallest absolute Gasteiger partial charge is 0.0195 e. The van der Waals surface area contributed by atoms with Gasteiger partial charge in [-0.05, 0) is 37.6 Å². The number of nitrogens with zero attached hydrogens (tertiary/aromatic N) is 1. The fourth-order valence-electron chi connectivity index (χ4n) is 4.04. The highest BCUT2D eigenvalue weighted by molar-refractivity contribution is 4.97. The van der Waals surface area contributed by atoms with E-state index in [-0.39, 0.29) is 0 Å². The Bertz CT molecular complexity index is 216. The highest BCUT2D eigenvalue weighted by Crippen LogP contribution is 2.43. The quantitative estimate of drug-likeness (QED) is 0.772. The van der Waals surface area contributed by atoms with Crippen molar-refractivity contribution < 1.29 is 0 Å². The fourth-order valence-corrected chi connectivity index (χ4v) is 4.04. The van der Waals surface area contributed by atoms with Gasteiger partial charge < -0.3 is 10.2 Å². The number of rotatable bonds is 2. The molecule has 2 aliphatic heterocycles. The Morgan fingerprint density at radius 1 is 1.00 bits per heavy atom. The van der Waals surface area contributed by atoms with Crippen LogP contribution in [0.4, 0.5) is 0 Å². The van der Waals surface area contributed by atoms with E-state index < -0.39 is 0 Å². The number of nitrogens with one attached hydrogen (secondary N) is 1. The summed E-state index contributed by atoms with van der Waals surface area (Å²) in [6.45, 7) is 5.39. The molecule has 0 aromatic rings. The third kappa shape index (κ3) is 2.28. The Morgan fingerprint density at radius 3 is 2.50 bits per heavy atom. The van der Waals surface area contributed by atoms with Gasteiger partial charge in [0.15, 0.2) is 0 Å². The van der Waals surface area contributed by atoms with E-state index in [1.807, 2.05) is 0 Å². The molecule has 0 bridgehead atoms. The highest BCUT2D eigenvalue weighted by atomic mass is 15.2. The lowest BCUT2D eigenvalue weighted by molar-refractivity contribution is -0.0339. The van der Waals surface area contributed by atoms with Crippen molar-refractivity contribution in [1.29, 1.82) is 0 Å². The van der Waals surface area contributed by atoms with Crippen LogP contribution in [0.2, 0.25) is 0 Å². The zero-order valence-corrected chi connectivity index (χ0v) is 10.5. The standard InChI is InChI=1S/C14H26N2/c1-3-7-14(8-4-1)11-16(12-14)10-13-6-2-5-9-15-13/h13,15H,1-12H2. The Balaban J connectivity index is 1.42. The summed E-state index contributed by atoms with van der Waals surface area (Å²) in [5, 5.41) is 3.67. The van der Waals surface area contributed by atoms with Crippen LogP contribution >= 0.6 is 0 Å². The largest absolute Gasteiger partial charge is 0.313 e. The second kappa shape index (κ2) is 4.66. The van der Waals surface area contributed by atoms with Crippen molar-refractivity contribution in [2.75, 3.05) is 26.2 Å². The molecule has 1 unspecified atom stereocenters. The Labute approximate surface area is 99.8 Å². The van der Waals surface area contributed by atoms with Gasteiger partial charge in [-0.2, -0.15) is 0 Å². The molecule has 1 N–H and O–H groups in total. The molecule has 1 saturated carbocycles. The minimum absolute atomic E-state index is 0.771. The number of likely N-dealkylation sites (tertiary alicyclic amines) is 1. The number of hydrogen-bond acceptors (Lipinski definition) is 2. The molecule has 2 saturated heterocycles. The first-order valence-electron chi connectivity index (χ1n) is 7.32. The minimum atomic E-state index is 0.771. The van der Waals surface area contributed by atoms with Gasteiger partial charge in [0.1, 0.15) is 0 Å². The second-order valence-electron chi connectivity index (χ2n) is 6.38. The first kappa shape index (κ1) is 11.0. The van der Waals surface area contributed by atoms with E-state index in [4.69, 9.17) is 0 Å². The Hall–Kier alpha value is -0.0800. The summed E-state index contributed by atoms with van der Waals surface area (Å²) < 4.78 is 0. The molecule has 3 rings (SSSR count). The lowest BCUT2D eigenvalue weighted by Gasteiger charge is -2.53. The molecule has 1 atom stereocenters. The lowest BCUT2D eigenvalue weighted by atomic mass is 9.68. The van der Waals surface area contributed by atoms with Crippen LogP contribution in [0.5, 0.6) is 0 Å². The third-order valence-corrected chi connectivity index (χ3v) is 4.92. The maximum absolute atomic E-state index is 3.67. The minimum Gasteiger partial charge on any atom is -0.313 e. The van der Waals surface area contributed by atoms with E-state index >= 15 is 0 Å². The van der Waals surface area contributed by atoms with Crippen LogP contribution in [0, 0.1) is 5.41 Å². The average molecular weight is 222 g/mol. The molecule has 3 aliphatic rings. The van der Waals surface area contributed by atoms with Gasteiger partial charge in [0.05, 0.1) is 0 Å². The summed E-state index contributed by atoms with van der Waals surface area (Å²) in [5.74, 6) is 0. The highest BCUT2D eigenvalue weighted by Gasteiger charge is 2.43. The van der Waals surface area contributed by atoms with Crippen molar-refractivity contribution in [3.63, 3.8) is 0 Å². The number of piperidine rings is 1. The summed E-state index contributed by atoms with van der Waals surface area (Å²) in [7, 11) is 0. The van der Waals surface area contributed by atoms with Gasteiger partial charge in [-0.3, -0.25) is 0 Å². The molecule has 0 amide bonds. The summed E-state index contributed by atoms with van der Waals surface area (Å²) in [6, 6.07) is 0.801. The van der Waals surface area contributed by atoms with Crippen LogP contribution in [-0.4, -0.2) is 37.1 Å². The Morgan fingerprint density at radius 2 is 1.81 bits per heavy atom. The van der Waals surface area contributed by atoms with Gasteiger partial charge in [-0.15, -0.1) is 0 Å². The zero-order chi connectivity index (χ0) is 10.8. The van der Waals surface area contributed by atoms with E-state index in [0.29, 0.717) is 0 Å². The van der Waals surface area contributed by atoms with Gasteiger partial charge in [0.25, 0.3) is 0 Å². The predicted octanol–water partition coefficient (Wildman–Crippen LogP) is 2.39. The molecule has 0 aromatic heterocycles. The molecule has 2 heteroatoms. The topological polar surface area (TPSA) is 15.3 Å². The normalized spacial score (nSPS) is 34.9. The Kier molecular flexibility index (Phi) is 3.21. The van der Waals surface area contributed by atoms with Crippen LogP contribution in [-0.2, 0) is 0 Å². The summed E-state index contributed by atoms with van der Waals surface area (Å²) in [4.78, 5) is 2.70. The first-order valence-corrected chi connectivity index (χ1v) is 7.32. The van der Waals surface area contributed by atoms with Crippen LogP contribution in [0.1, 0.15) is 51.4 Å². The molecule has 2 heterocycles. The number of hydrogen-bond donors (Lipinski definition) is 1. The van der Waals surface area contributed by atoms with E-state index in [9.17, 15) is 0 Å². The van der Waals surface area contributed by atoms with E-state index in [2.05, 4.69) is 10.2 Å². The van der Waals surface area contributed by atoms with Crippen LogP contribution < -0.4 is 5.32 Å². The van der Waals surface area contributed by atoms with Crippen molar-refractivity contribution in [3.8, 4) is 0 Å². The average Bonchev–Trinajstić information content (AvgIpc) is 2.30. The first-order chi connectivity index (χ1) is 7.86. The lowest BCUT2D eigenvalue weighted by Crippen LogP contribution is -2.60. The summed E-state index contributed by atoms with van der Waals surface area (Å²) in [6.07, 6.45) is 11.8. The van der Waals surface area contributed by atoms with Crippen molar-refractivity contribution in [2.45, 2.75) is 57.4 Å². The second-order valence-corrected chi connectivity index (χ2v) is 6.38. The maximum atomic E-state index is 3.67. The molecule has 2 nitrogen and oxygen atoms in total. The van der Waals surface area contributed by atoms with E-state index in [1.54, 1.807) is 0 Å². The van der Waals surface area contributed by atoms with Gasteiger partial charge in [-0.25, -0.2) is 0 Å². The van der Waals surface area contributed by atoms with Gasteiger partial charge >= 0.3 is 0 Å². The summed E-state index contributed by atoms with van der Waals surface area (Å²) >= 11 is 0. The van der Waals surface area contributed by atoms with Gasteiger partial charge in [0, 0.05) is 25.7 Å². The van der Waals surface area contributed by atoms with Crippen LogP contribution in [0.15, 0.2) is 0 Å². The molecule has 0 aromatic carbocycles. The zero-order valence-electron chi connectivity index (χ0n) is 10.5. The fraction of sp³-hybridized carbons (Fsp3) is 1.00. The maximum Gasteiger partial charge on any atom is 0.0195 e. The van der Waals surface area contributed by atoms with Crippen molar-refractivity contribution in [1.82, 2.24) is 10.2 Å². The van der Waals surface area contributed by atoms with Crippen LogP contribution in [0.3, 0.4) is 0 Å². The summed E-state index contributed by atoms with van der Waals surface area (Å²) in [5.41, 5.74) is 0.771. The van der Waals surface area contributed by atoms with Crippen molar-refractivity contribution >= 4 is 0 Å². The van der Waals surface area contributed by atoms with Gasteiger partial charge in [0.2, 0.25) is 0 Å². The van der Waals surface area contributed by atoms with E-state index in [1.165, 1.54) is 77.5 Å². The van der Waals surface area contributed by atoms with Gasteiger partial charge in [-0.1, -0.05) is 25.7 Å². The molecule has 92 valence electrons. The molecule has 1 spiro atoms. The predicted molar refractivity (Wildman–Crippen MR) is 67.6 cm³/mol. The van der Waals surface area contributed by atoms with Crippen molar-refractivity contribution in [2.24, 2.45) is 5.41 Å². The molecule has 3 fully saturated rings. The van der Waals surface area contributed by atoms with Crippen molar-refractivity contribution in [3.05, 3.63) is 0 Å². The van der Waals surface area contributed by atoms with Crippen LogP contribution in [0.25, 0.3) is 0 Å². The monoisotopic (exact) mass is 222 g/mol. The molecule has 0 radical (unpaired) electrons. The van der Waals surface area contributed by atoms with E-state index in [0.717, 1.165) is 11.5 Å². The molecular weight excluding hydrogens is 196 g/mol. The molecule has 1 aliphatic carbocycles. The SMILES string of the molecule is C1CCC2(CC1)CN(CC1CCCCN1)C2. The third-order valence-electron chi connectivity index (χ3n) is 4.92.